The molecule has 0 heterocycles. The predicted molar refractivity (Wildman–Crippen MR) is 103 cm³/mol. The van der Waals surface area contributed by atoms with E-state index in [1.807, 2.05) is 0 Å². The van der Waals surface area contributed by atoms with Crippen LogP contribution in [0.4, 0.5) is 0 Å². The average Bonchev–Trinajstić information content (AvgIpc) is 2.62. The molecule has 0 N–H and O–H groups in total. The normalized spacial score (nSPS) is 21.5. The molecule has 0 amide bonds. The van der Waals surface area contributed by atoms with Gasteiger partial charge in [0.15, 0.2) is 0 Å². The van der Waals surface area contributed by atoms with Gasteiger partial charge < -0.3 is 0 Å². The van der Waals surface area contributed by atoms with Gasteiger partial charge in [-0.1, -0.05) is 83.7 Å². The predicted octanol–water partition coefficient (Wildman–Crippen LogP) is 5.84. The van der Waals surface area contributed by atoms with E-state index in [0.29, 0.717) is 5.92 Å². The highest BCUT2D eigenvalue weighted by Gasteiger charge is 2.40. The number of benzene rings is 1. The van der Waals surface area contributed by atoms with Gasteiger partial charge in [0.05, 0.1) is 0 Å². The van der Waals surface area contributed by atoms with Crippen LogP contribution < -0.4 is 5.19 Å². The lowest BCUT2D eigenvalue weighted by atomic mass is 10.1. The smallest absolute Gasteiger partial charge is 0.0660 e. The van der Waals surface area contributed by atoms with Crippen LogP contribution in [0.25, 0.3) is 0 Å². The van der Waals surface area contributed by atoms with Gasteiger partial charge in [0, 0.05) is 0 Å². The van der Waals surface area contributed by atoms with Crippen LogP contribution in [0.15, 0.2) is 40.1 Å². The largest absolute Gasteiger partial charge is 0.111 e. The molecule has 0 saturated carbocycles. The summed E-state index contributed by atoms with van der Waals surface area (Å²) in [5, 5.41) is 3.42. The van der Waals surface area contributed by atoms with Crippen LogP contribution in [-0.2, 0) is 0 Å². The van der Waals surface area contributed by atoms with E-state index in [4.69, 9.17) is 0 Å². The van der Waals surface area contributed by atoms with Crippen molar-refractivity contribution in [3.05, 3.63) is 51.2 Å². The fraction of sp³-hybridized carbons (Fsp3) is 0.524. The summed E-state index contributed by atoms with van der Waals surface area (Å²) in [5.41, 5.74) is 7.55. The first-order valence-electron chi connectivity index (χ1n) is 8.70. The highest BCUT2D eigenvalue weighted by atomic mass is 28.3. The summed E-state index contributed by atoms with van der Waals surface area (Å²) < 4.78 is 0. The number of allylic oxidation sites excluding steroid dienone is 4. The highest BCUT2D eigenvalue weighted by Crippen LogP contribution is 2.42. The van der Waals surface area contributed by atoms with Crippen molar-refractivity contribution in [2.45, 2.75) is 67.5 Å². The molecule has 0 spiro atoms. The zero-order valence-electron chi connectivity index (χ0n) is 15.7. The first-order valence-corrected chi connectivity index (χ1v) is 11.4. The van der Waals surface area contributed by atoms with E-state index in [-0.39, 0.29) is 0 Å². The maximum atomic E-state index is 2.60. The van der Waals surface area contributed by atoms with Crippen molar-refractivity contribution in [3.63, 3.8) is 0 Å². The second-order valence-corrected chi connectivity index (χ2v) is 11.8. The Balaban J connectivity index is 2.64. The zero-order valence-corrected chi connectivity index (χ0v) is 16.7. The fourth-order valence-corrected chi connectivity index (χ4v) is 9.63. The van der Waals surface area contributed by atoms with Gasteiger partial charge in [0.2, 0.25) is 0 Å². The summed E-state index contributed by atoms with van der Waals surface area (Å²) in [7, 11) is -1.63. The maximum Gasteiger partial charge on any atom is 0.111 e. The topological polar surface area (TPSA) is 0 Å². The molecule has 2 unspecified atom stereocenters. The summed E-state index contributed by atoms with van der Waals surface area (Å²) in [6.07, 6.45) is 1.28. The van der Waals surface area contributed by atoms with Crippen LogP contribution in [0, 0.1) is 19.8 Å². The third kappa shape index (κ3) is 2.76. The Bertz CT molecular complexity index is 628. The number of hydrogen-bond acceptors (Lipinski definition) is 0. The molecule has 120 valence electrons. The molecular weight excluding hydrogens is 280 g/mol. The molecule has 0 radical (unpaired) electrons. The molecule has 1 heteroatoms. The molecule has 0 saturated heterocycles. The van der Waals surface area contributed by atoms with Gasteiger partial charge in [-0.3, -0.25) is 0 Å². The number of hydrogen-bond donors (Lipinski definition) is 0. The van der Waals surface area contributed by atoms with Crippen molar-refractivity contribution in [2.75, 3.05) is 0 Å². The van der Waals surface area contributed by atoms with Gasteiger partial charge in [-0.25, -0.2) is 0 Å². The molecule has 0 aromatic heterocycles. The Hall–Kier alpha value is -1.08. The maximum absolute atomic E-state index is 2.60. The van der Waals surface area contributed by atoms with Crippen molar-refractivity contribution in [1.82, 2.24) is 0 Å². The van der Waals surface area contributed by atoms with Crippen molar-refractivity contribution < 1.29 is 0 Å². The van der Waals surface area contributed by atoms with Crippen LogP contribution in [-0.4, -0.2) is 8.07 Å². The molecule has 0 bridgehead atoms. The minimum Gasteiger partial charge on any atom is -0.0660 e. The summed E-state index contributed by atoms with van der Waals surface area (Å²) in [4.78, 5) is 0. The number of aryl methyl sites for hydroxylation is 2. The first-order chi connectivity index (χ1) is 10.2. The van der Waals surface area contributed by atoms with Crippen LogP contribution in [0.2, 0.25) is 12.6 Å². The fourth-order valence-electron chi connectivity index (χ4n) is 4.48. The minimum absolute atomic E-state index is 0.629. The van der Waals surface area contributed by atoms with Gasteiger partial charge in [-0.15, -0.1) is 0 Å². The van der Waals surface area contributed by atoms with E-state index in [9.17, 15) is 0 Å². The highest BCUT2D eigenvalue weighted by molar-refractivity contribution is 6.97. The van der Waals surface area contributed by atoms with Gasteiger partial charge in [0.25, 0.3) is 0 Å². The Morgan fingerprint density at radius 3 is 1.86 bits per heavy atom. The summed E-state index contributed by atoms with van der Waals surface area (Å²) >= 11 is 0. The van der Waals surface area contributed by atoms with E-state index in [0.717, 1.165) is 0 Å². The first kappa shape index (κ1) is 17.3. The lowest BCUT2D eigenvalue weighted by Crippen LogP contribution is -2.49. The summed E-state index contributed by atoms with van der Waals surface area (Å²) in [5.74, 6) is 0.629. The molecule has 2 atom stereocenters. The summed E-state index contributed by atoms with van der Waals surface area (Å²) in [6, 6.07) is 8.58. The van der Waals surface area contributed by atoms with Crippen LogP contribution >= 0.6 is 0 Å². The Morgan fingerprint density at radius 1 is 0.909 bits per heavy atom. The van der Waals surface area contributed by atoms with E-state index < -0.39 is 8.07 Å². The molecule has 1 aliphatic carbocycles. The molecule has 1 aromatic carbocycles. The monoisotopic (exact) mass is 312 g/mol. The van der Waals surface area contributed by atoms with Crippen molar-refractivity contribution in [3.8, 4) is 0 Å². The zero-order chi connectivity index (χ0) is 16.7. The van der Waals surface area contributed by atoms with Gasteiger partial charge >= 0.3 is 0 Å². The van der Waals surface area contributed by atoms with Crippen LogP contribution in [0.3, 0.4) is 0 Å². The SMILES string of the molecule is CCC[Si](C)(C1=C(C)C(C)=C(C)C1C)c1cc(C)cc(C)c1. The standard InChI is InChI=1S/C21H32Si/c1-9-10-22(8,20-12-14(2)11-15(3)13-20)21-18(6)16(4)17(5)19(21)7/h11-13,18H,9-10H2,1-8H3. The minimum atomic E-state index is -1.63. The number of rotatable bonds is 4. The Morgan fingerprint density at radius 2 is 1.45 bits per heavy atom. The lowest BCUT2D eigenvalue weighted by Gasteiger charge is -2.34. The second kappa shape index (κ2) is 6.20. The van der Waals surface area contributed by atoms with Crippen molar-refractivity contribution >= 4 is 13.3 Å². The third-order valence-corrected chi connectivity index (χ3v) is 10.9. The summed E-state index contributed by atoms with van der Waals surface area (Å²) in [6.45, 7) is 18.9. The molecule has 0 aliphatic heterocycles. The molecule has 2 rings (SSSR count). The van der Waals surface area contributed by atoms with Gasteiger partial charge in [0.1, 0.15) is 8.07 Å². The molecular formula is C21H32Si. The molecule has 0 nitrogen and oxygen atoms in total. The van der Waals surface area contributed by atoms with Gasteiger partial charge in [-0.2, -0.15) is 0 Å². The second-order valence-electron chi connectivity index (χ2n) is 7.53. The quantitative estimate of drug-likeness (QED) is 0.613. The third-order valence-electron chi connectivity index (χ3n) is 5.84. The molecule has 22 heavy (non-hydrogen) atoms. The van der Waals surface area contributed by atoms with Crippen LogP contribution in [0.1, 0.15) is 52.2 Å². The van der Waals surface area contributed by atoms with Crippen LogP contribution in [0.5, 0.6) is 0 Å². The Kier molecular flexibility index (Phi) is 4.86. The lowest BCUT2D eigenvalue weighted by molar-refractivity contribution is 0.843. The van der Waals surface area contributed by atoms with E-state index >= 15 is 0 Å². The van der Waals surface area contributed by atoms with E-state index in [2.05, 4.69) is 73.2 Å². The van der Waals surface area contributed by atoms with Crippen molar-refractivity contribution in [2.24, 2.45) is 5.92 Å². The molecule has 0 fully saturated rings. The van der Waals surface area contributed by atoms with E-state index in [1.165, 1.54) is 23.6 Å². The Labute approximate surface area is 138 Å². The van der Waals surface area contributed by atoms with Gasteiger partial charge in [-0.05, 0) is 46.1 Å². The molecule has 1 aromatic rings. The van der Waals surface area contributed by atoms with E-state index in [1.54, 1.807) is 27.1 Å². The molecule has 1 aliphatic rings. The average molecular weight is 313 g/mol. The van der Waals surface area contributed by atoms with Crippen molar-refractivity contribution in [1.29, 1.82) is 0 Å².